The van der Waals surface area contributed by atoms with E-state index >= 15 is 0 Å². The molecule has 1 aromatic carbocycles. The van der Waals surface area contributed by atoms with Gasteiger partial charge in [-0.2, -0.15) is 0 Å². The van der Waals surface area contributed by atoms with Gasteiger partial charge < -0.3 is 15.4 Å². The van der Waals surface area contributed by atoms with Crippen LogP contribution in [0.1, 0.15) is 10.4 Å². The molecule has 0 aliphatic heterocycles. The lowest BCUT2D eigenvalue weighted by Crippen LogP contribution is -2.32. The Hall–Kier alpha value is -2.04. The van der Waals surface area contributed by atoms with Crippen LogP contribution in [0.25, 0.3) is 0 Å². The monoisotopic (exact) mass is 207 g/mol. The normalized spacial score (nSPS) is 9.47. The lowest BCUT2D eigenvalue weighted by molar-refractivity contribution is 0.0601. The second kappa shape index (κ2) is 4.45. The van der Waals surface area contributed by atoms with Crippen LogP contribution in [0.4, 0.5) is 5.69 Å². The number of guanidine groups is 1. The van der Waals surface area contributed by atoms with Gasteiger partial charge in [-0.3, -0.25) is 5.41 Å². The molecule has 0 aliphatic carbocycles. The maximum atomic E-state index is 11.1. The number of hydrogen-bond acceptors (Lipinski definition) is 3. The minimum Gasteiger partial charge on any atom is -0.465 e. The van der Waals surface area contributed by atoms with Crippen LogP contribution in [-0.2, 0) is 4.74 Å². The van der Waals surface area contributed by atoms with Crippen molar-refractivity contribution in [1.82, 2.24) is 0 Å². The quantitative estimate of drug-likeness (QED) is 0.427. The zero-order chi connectivity index (χ0) is 11.4. The van der Waals surface area contributed by atoms with Crippen LogP contribution in [-0.4, -0.2) is 26.1 Å². The van der Waals surface area contributed by atoms with Crippen molar-refractivity contribution in [3.63, 3.8) is 0 Å². The van der Waals surface area contributed by atoms with Gasteiger partial charge in [-0.25, -0.2) is 4.79 Å². The van der Waals surface area contributed by atoms with Crippen molar-refractivity contribution in [2.45, 2.75) is 0 Å². The van der Waals surface area contributed by atoms with Gasteiger partial charge in [0.25, 0.3) is 0 Å². The van der Waals surface area contributed by atoms with Gasteiger partial charge >= 0.3 is 5.97 Å². The maximum Gasteiger partial charge on any atom is 0.337 e. The highest BCUT2D eigenvalue weighted by Crippen LogP contribution is 2.13. The Bertz CT molecular complexity index is 373. The molecule has 0 aliphatic rings. The van der Waals surface area contributed by atoms with E-state index in [4.69, 9.17) is 11.1 Å². The Morgan fingerprint density at radius 3 is 2.33 bits per heavy atom. The van der Waals surface area contributed by atoms with E-state index in [2.05, 4.69) is 4.74 Å². The molecule has 1 aromatic rings. The van der Waals surface area contributed by atoms with Crippen LogP contribution in [0, 0.1) is 5.41 Å². The SMILES string of the molecule is COC(=O)c1ccc(N(C)C(=N)N)cc1. The highest BCUT2D eigenvalue weighted by atomic mass is 16.5. The summed E-state index contributed by atoms with van der Waals surface area (Å²) >= 11 is 0. The fourth-order valence-corrected chi connectivity index (χ4v) is 1.08. The minimum absolute atomic E-state index is 0.0548. The number of rotatable bonds is 2. The molecule has 0 fully saturated rings. The number of esters is 1. The predicted octanol–water partition coefficient (Wildman–Crippen LogP) is 0.803. The molecule has 0 atom stereocenters. The molecule has 0 radical (unpaired) electrons. The molecule has 0 spiro atoms. The number of nitrogens with one attached hydrogen (secondary N) is 1. The summed E-state index contributed by atoms with van der Waals surface area (Å²) in [6.07, 6.45) is 0. The highest BCUT2D eigenvalue weighted by Gasteiger charge is 2.07. The second-order valence-electron chi connectivity index (χ2n) is 2.98. The van der Waals surface area contributed by atoms with Crippen LogP contribution in [0.3, 0.4) is 0 Å². The van der Waals surface area contributed by atoms with Crippen molar-refractivity contribution >= 4 is 17.6 Å². The van der Waals surface area contributed by atoms with Gasteiger partial charge in [0.05, 0.1) is 12.7 Å². The molecule has 80 valence electrons. The minimum atomic E-state index is -0.382. The van der Waals surface area contributed by atoms with Crippen molar-refractivity contribution < 1.29 is 9.53 Å². The van der Waals surface area contributed by atoms with E-state index < -0.39 is 0 Å². The predicted molar refractivity (Wildman–Crippen MR) is 58.1 cm³/mol. The summed E-state index contributed by atoms with van der Waals surface area (Å²) in [4.78, 5) is 12.6. The summed E-state index contributed by atoms with van der Waals surface area (Å²) in [7, 11) is 3.01. The zero-order valence-electron chi connectivity index (χ0n) is 8.65. The summed E-state index contributed by atoms with van der Waals surface area (Å²) in [6.45, 7) is 0. The first kappa shape index (κ1) is 11.0. The molecular weight excluding hydrogens is 194 g/mol. The van der Waals surface area contributed by atoms with E-state index in [1.54, 1.807) is 31.3 Å². The van der Waals surface area contributed by atoms with Crippen molar-refractivity contribution in [2.75, 3.05) is 19.1 Å². The molecule has 3 N–H and O–H groups in total. The molecule has 0 heterocycles. The molecule has 15 heavy (non-hydrogen) atoms. The second-order valence-corrected chi connectivity index (χ2v) is 2.98. The number of carbonyl (C=O) groups excluding carboxylic acids is 1. The van der Waals surface area contributed by atoms with Crippen molar-refractivity contribution in [1.29, 1.82) is 5.41 Å². The summed E-state index contributed by atoms with van der Waals surface area (Å²) in [5, 5.41) is 7.22. The van der Waals surface area contributed by atoms with Gasteiger partial charge in [-0.15, -0.1) is 0 Å². The third-order valence-electron chi connectivity index (χ3n) is 2.04. The molecule has 5 nitrogen and oxygen atoms in total. The average Bonchev–Trinajstić information content (AvgIpc) is 2.27. The van der Waals surface area contributed by atoms with E-state index in [9.17, 15) is 4.79 Å². The van der Waals surface area contributed by atoms with E-state index in [0.29, 0.717) is 5.56 Å². The number of benzene rings is 1. The Labute approximate surface area is 88.0 Å². The van der Waals surface area contributed by atoms with E-state index in [-0.39, 0.29) is 11.9 Å². The van der Waals surface area contributed by atoms with Gasteiger partial charge in [0.1, 0.15) is 0 Å². The molecule has 0 unspecified atom stereocenters. The third kappa shape index (κ3) is 2.46. The maximum absolute atomic E-state index is 11.1. The number of hydrogen-bond donors (Lipinski definition) is 2. The molecule has 0 bridgehead atoms. The molecule has 1 rings (SSSR count). The smallest absolute Gasteiger partial charge is 0.337 e. The van der Waals surface area contributed by atoms with E-state index in [0.717, 1.165) is 5.69 Å². The van der Waals surface area contributed by atoms with Crippen molar-refractivity contribution in [3.8, 4) is 0 Å². The van der Waals surface area contributed by atoms with Gasteiger partial charge in [-0.1, -0.05) is 0 Å². The first-order valence-corrected chi connectivity index (χ1v) is 4.32. The Kier molecular flexibility index (Phi) is 3.28. The van der Waals surface area contributed by atoms with Crippen LogP contribution in [0.2, 0.25) is 0 Å². The van der Waals surface area contributed by atoms with Crippen LogP contribution in [0.5, 0.6) is 0 Å². The molecule has 5 heteroatoms. The van der Waals surface area contributed by atoms with Crippen LogP contribution in [0.15, 0.2) is 24.3 Å². The van der Waals surface area contributed by atoms with Crippen molar-refractivity contribution in [2.24, 2.45) is 5.73 Å². The van der Waals surface area contributed by atoms with Crippen molar-refractivity contribution in [3.05, 3.63) is 29.8 Å². The Morgan fingerprint density at radius 1 is 1.40 bits per heavy atom. The Morgan fingerprint density at radius 2 is 1.93 bits per heavy atom. The lowest BCUT2D eigenvalue weighted by atomic mass is 10.2. The zero-order valence-corrected chi connectivity index (χ0v) is 8.65. The molecule has 0 amide bonds. The topological polar surface area (TPSA) is 79.4 Å². The first-order chi connectivity index (χ1) is 7.06. The van der Waals surface area contributed by atoms with Gasteiger partial charge in [0.2, 0.25) is 0 Å². The van der Waals surface area contributed by atoms with E-state index in [1.165, 1.54) is 12.0 Å². The lowest BCUT2D eigenvalue weighted by Gasteiger charge is -2.16. The highest BCUT2D eigenvalue weighted by molar-refractivity contribution is 5.93. The third-order valence-corrected chi connectivity index (χ3v) is 2.04. The number of nitrogens with zero attached hydrogens (tertiary/aromatic N) is 1. The fraction of sp³-hybridized carbons (Fsp3) is 0.200. The summed E-state index contributed by atoms with van der Waals surface area (Å²) in [5.41, 5.74) is 6.53. The van der Waals surface area contributed by atoms with Crippen LogP contribution >= 0.6 is 0 Å². The molecular formula is C10H13N3O2. The summed E-state index contributed by atoms with van der Waals surface area (Å²) in [5.74, 6) is -0.437. The summed E-state index contributed by atoms with van der Waals surface area (Å²) < 4.78 is 4.56. The molecule has 0 saturated carbocycles. The fourth-order valence-electron chi connectivity index (χ4n) is 1.08. The number of ether oxygens (including phenoxy) is 1. The largest absolute Gasteiger partial charge is 0.465 e. The van der Waals surface area contributed by atoms with Gasteiger partial charge in [0.15, 0.2) is 5.96 Å². The Balaban J connectivity index is 2.90. The summed E-state index contributed by atoms with van der Waals surface area (Å²) in [6, 6.07) is 6.66. The van der Waals surface area contributed by atoms with Crippen LogP contribution < -0.4 is 10.6 Å². The standard InChI is InChI=1S/C10H13N3O2/c1-13(10(11)12)8-5-3-7(4-6-8)9(14)15-2/h3-6H,1-2H3,(H3,11,12). The van der Waals surface area contributed by atoms with E-state index in [1.807, 2.05) is 0 Å². The number of nitrogens with two attached hydrogens (primary N) is 1. The molecule has 0 aromatic heterocycles. The first-order valence-electron chi connectivity index (χ1n) is 4.32. The molecule has 0 saturated heterocycles. The van der Waals surface area contributed by atoms with Gasteiger partial charge in [-0.05, 0) is 24.3 Å². The number of anilines is 1. The number of carbonyl (C=O) groups is 1. The average molecular weight is 207 g/mol. The van der Waals surface area contributed by atoms with Gasteiger partial charge in [0, 0.05) is 12.7 Å². The number of methoxy groups -OCH3 is 1.